The van der Waals surface area contributed by atoms with E-state index < -0.39 is 17.8 Å². The Morgan fingerprint density at radius 3 is 2.79 bits per heavy atom. The van der Waals surface area contributed by atoms with Crippen LogP contribution in [-0.4, -0.2) is 76.6 Å². The number of phenols is 1. The fourth-order valence-electron chi connectivity index (χ4n) is 7.77. The zero-order chi connectivity index (χ0) is 28.6. The molecule has 6 heterocycles. The lowest BCUT2D eigenvalue weighted by Gasteiger charge is -2.46. The van der Waals surface area contributed by atoms with E-state index in [0.717, 1.165) is 62.6 Å². The molecular weight excluding hydrogens is 543 g/mol. The predicted molar refractivity (Wildman–Crippen MR) is 155 cm³/mol. The minimum atomic E-state index is -0.963. The van der Waals surface area contributed by atoms with E-state index in [9.17, 15) is 13.9 Å². The van der Waals surface area contributed by atoms with Crippen LogP contribution in [0.4, 0.5) is 19.0 Å². The number of alkyl halides is 1. The van der Waals surface area contributed by atoms with E-state index in [-0.39, 0.29) is 22.7 Å². The van der Waals surface area contributed by atoms with E-state index in [4.69, 9.17) is 14.7 Å². The number of rotatable bonds is 5. The van der Waals surface area contributed by atoms with Crippen molar-refractivity contribution >= 4 is 27.5 Å². The summed E-state index contributed by atoms with van der Waals surface area (Å²) in [6.07, 6.45) is 3.67. The minimum Gasteiger partial charge on any atom is -0.508 e. The van der Waals surface area contributed by atoms with Crippen LogP contribution in [0.25, 0.3) is 32.8 Å². The SMILES string of the molecule is Oc1cc(-c2ccc3c(N4C[C@@H]5CC[C@H]4CN5)nc(OC[C@@]45CCCN4C[C@H](F)C5)nc3c2)c2c(F)c(F)ccc2c1. The Morgan fingerprint density at radius 2 is 1.98 bits per heavy atom. The Labute approximate surface area is 241 Å². The van der Waals surface area contributed by atoms with Crippen LogP contribution in [0.2, 0.25) is 0 Å². The summed E-state index contributed by atoms with van der Waals surface area (Å²) in [4.78, 5) is 14.3. The van der Waals surface area contributed by atoms with Gasteiger partial charge in [-0.3, -0.25) is 4.90 Å². The molecule has 9 rings (SSSR count). The van der Waals surface area contributed by atoms with Crippen molar-refractivity contribution in [3.05, 3.63) is 54.1 Å². The summed E-state index contributed by atoms with van der Waals surface area (Å²) in [7, 11) is 0. The first-order valence-electron chi connectivity index (χ1n) is 14.8. The van der Waals surface area contributed by atoms with Crippen molar-refractivity contribution in [1.82, 2.24) is 20.2 Å². The molecule has 1 aromatic heterocycles. The number of piperazine rings is 1. The Morgan fingerprint density at radius 1 is 1.07 bits per heavy atom. The molecule has 3 aromatic carbocycles. The van der Waals surface area contributed by atoms with Gasteiger partial charge in [0.15, 0.2) is 11.6 Å². The minimum absolute atomic E-state index is 0.0454. The first kappa shape index (κ1) is 26.0. The Kier molecular flexibility index (Phi) is 6.01. The molecule has 2 bridgehead atoms. The molecule has 0 radical (unpaired) electrons. The van der Waals surface area contributed by atoms with Gasteiger partial charge in [-0.2, -0.15) is 9.97 Å². The third-order valence-corrected chi connectivity index (χ3v) is 9.81. The van der Waals surface area contributed by atoms with E-state index in [1.807, 2.05) is 18.2 Å². The number of hydrogen-bond acceptors (Lipinski definition) is 7. The zero-order valence-electron chi connectivity index (χ0n) is 23.1. The number of ether oxygens (including phenoxy) is 1. The van der Waals surface area contributed by atoms with Crippen LogP contribution in [0, 0.1) is 11.6 Å². The maximum atomic E-state index is 15.1. The van der Waals surface area contributed by atoms with Crippen molar-refractivity contribution in [1.29, 1.82) is 0 Å². The van der Waals surface area contributed by atoms with Crippen molar-refractivity contribution in [2.24, 2.45) is 0 Å². The van der Waals surface area contributed by atoms with Crippen LogP contribution in [0.5, 0.6) is 11.8 Å². The number of piperidine rings is 2. The number of benzene rings is 3. The number of fused-ring (bicyclic) bond motifs is 6. The number of hydrogen-bond donors (Lipinski definition) is 2. The summed E-state index contributed by atoms with van der Waals surface area (Å²) in [5, 5.41) is 15.3. The third kappa shape index (κ3) is 4.18. The van der Waals surface area contributed by atoms with Gasteiger partial charge in [0.2, 0.25) is 0 Å². The van der Waals surface area contributed by atoms with Crippen LogP contribution in [0.3, 0.4) is 0 Å². The topological polar surface area (TPSA) is 73.8 Å². The second kappa shape index (κ2) is 9.70. The average Bonchev–Trinajstić information content (AvgIpc) is 3.53. The van der Waals surface area contributed by atoms with Crippen molar-refractivity contribution in [2.75, 3.05) is 37.7 Å². The molecule has 7 nitrogen and oxygen atoms in total. The molecule has 2 N–H and O–H groups in total. The van der Waals surface area contributed by atoms with Crippen LogP contribution >= 0.6 is 0 Å². The van der Waals surface area contributed by atoms with Gasteiger partial charge in [-0.15, -0.1) is 0 Å². The highest BCUT2D eigenvalue weighted by Gasteiger charge is 2.49. The Balaban J connectivity index is 1.24. The van der Waals surface area contributed by atoms with Gasteiger partial charge in [-0.1, -0.05) is 12.1 Å². The van der Waals surface area contributed by atoms with E-state index in [1.54, 1.807) is 0 Å². The van der Waals surface area contributed by atoms with Gasteiger partial charge in [0.05, 0.1) is 11.1 Å². The van der Waals surface area contributed by atoms with Gasteiger partial charge in [0.25, 0.3) is 0 Å². The fraction of sp³-hybridized carbons (Fsp3) is 0.438. The lowest BCUT2D eigenvalue weighted by molar-refractivity contribution is 0.107. The van der Waals surface area contributed by atoms with Crippen LogP contribution in [-0.2, 0) is 0 Å². The number of halogens is 3. The molecule has 0 aliphatic carbocycles. The molecule has 218 valence electrons. The number of anilines is 1. The highest BCUT2D eigenvalue weighted by atomic mass is 19.2. The van der Waals surface area contributed by atoms with E-state index >= 15 is 4.39 Å². The lowest BCUT2D eigenvalue weighted by Crippen LogP contribution is -2.61. The summed E-state index contributed by atoms with van der Waals surface area (Å²) in [6, 6.07) is 11.9. The van der Waals surface area contributed by atoms with Gasteiger partial charge in [-0.05, 0) is 79.1 Å². The van der Waals surface area contributed by atoms with Gasteiger partial charge >= 0.3 is 6.01 Å². The van der Waals surface area contributed by atoms with Gasteiger partial charge in [0.1, 0.15) is 24.3 Å². The molecule has 5 aliphatic heterocycles. The van der Waals surface area contributed by atoms with Crippen molar-refractivity contribution in [3.8, 4) is 22.9 Å². The van der Waals surface area contributed by atoms with E-state index in [2.05, 4.69) is 15.1 Å². The summed E-state index contributed by atoms with van der Waals surface area (Å²) in [5.74, 6) is -1.18. The number of nitrogens with zero attached hydrogens (tertiary/aromatic N) is 4. The summed E-state index contributed by atoms with van der Waals surface area (Å²) < 4.78 is 50.1. The molecule has 5 aliphatic rings. The van der Waals surface area contributed by atoms with E-state index in [0.29, 0.717) is 53.7 Å². The average molecular weight is 576 g/mol. The third-order valence-electron chi connectivity index (χ3n) is 9.81. The summed E-state index contributed by atoms with van der Waals surface area (Å²) >= 11 is 0. The lowest BCUT2D eigenvalue weighted by atomic mass is 9.92. The number of aromatic nitrogens is 2. The molecule has 4 aromatic rings. The number of nitrogens with one attached hydrogen (secondary N) is 1. The molecule has 42 heavy (non-hydrogen) atoms. The molecule has 4 atom stereocenters. The Bertz CT molecular complexity index is 1710. The van der Waals surface area contributed by atoms with Crippen LogP contribution in [0.1, 0.15) is 32.1 Å². The van der Waals surface area contributed by atoms with E-state index in [1.165, 1.54) is 18.2 Å². The van der Waals surface area contributed by atoms with Crippen LogP contribution in [0.15, 0.2) is 42.5 Å². The fourth-order valence-corrected chi connectivity index (χ4v) is 7.77. The number of aromatic hydroxyl groups is 1. The monoisotopic (exact) mass is 575 g/mol. The molecule has 0 spiro atoms. The maximum absolute atomic E-state index is 15.1. The quantitative estimate of drug-likeness (QED) is 0.333. The molecule has 0 unspecified atom stereocenters. The smallest absolute Gasteiger partial charge is 0.319 e. The van der Waals surface area contributed by atoms with Crippen molar-refractivity contribution in [3.63, 3.8) is 0 Å². The standard InChI is InChI=1S/C32H32F3N5O2/c33-20-13-32(8-1-9-39(32)15-20)17-42-31-37-27-11-18(25-12-23(41)10-19-3-7-26(34)29(35)28(19)25)2-6-24(27)30(38-31)40-16-21-4-5-22(40)14-36-21/h2-3,6-7,10-12,20-22,36,41H,1,4-5,8-9,13-17H2/t20-,21+,22+,32+/m1/s1. The predicted octanol–water partition coefficient (Wildman–Crippen LogP) is 5.33. The highest BCUT2D eigenvalue weighted by Crippen LogP contribution is 2.42. The molecule has 5 saturated heterocycles. The first-order valence-corrected chi connectivity index (χ1v) is 14.8. The molecule has 10 heteroatoms. The molecule has 0 saturated carbocycles. The summed E-state index contributed by atoms with van der Waals surface area (Å²) in [6.45, 7) is 3.32. The highest BCUT2D eigenvalue weighted by molar-refractivity contribution is 6.01. The molecule has 0 amide bonds. The van der Waals surface area contributed by atoms with Crippen molar-refractivity contribution < 1.29 is 23.0 Å². The largest absolute Gasteiger partial charge is 0.508 e. The summed E-state index contributed by atoms with van der Waals surface area (Å²) in [5.41, 5.74) is 1.22. The van der Waals surface area contributed by atoms with Gasteiger partial charge < -0.3 is 20.1 Å². The normalized spacial score (nSPS) is 27.3. The van der Waals surface area contributed by atoms with Gasteiger partial charge in [-0.25, -0.2) is 13.2 Å². The van der Waals surface area contributed by atoms with Gasteiger partial charge in [0, 0.05) is 48.9 Å². The Hall–Kier alpha value is -3.63. The first-order chi connectivity index (χ1) is 20.4. The van der Waals surface area contributed by atoms with Crippen molar-refractivity contribution in [2.45, 2.75) is 55.9 Å². The zero-order valence-corrected chi connectivity index (χ0v) is 23.1. The second-order valence-corrected chi connectivity index (χ2v) is 12.4. The molecule has 5 fully saturated rings. The second-order valence-electron chi connectivity index (χ2n) is 12.4. The van der Waals surface area contributed by atoms with Crippen LogP contribution < -0.4 is 15.0 Å². The number of phenolic OH excluding ortho intramolecular Hbond substituents is 1. The maximum Gasteiger partial charge on any atom is 0.319 e. The molecular formula is C32H32F3N5O2.